The molecule has 0 spiro atoms. The van der Waals surface area contributed by atoms with E-state index in [0.717, 1.165) is 11.3 Å². The summed E-state index contributed by atoms with van der Waals surface area (Å²) in [6, 6.07) is 25.5. The molecule has 3 aromatic rings. The largest absolute Gasteiger partial charge is 0.210 e. The maximum atomic E-state index is 9.57. The minimum atomic E-state index is -0.328. The van der Waals surface area contributed by atoms with Crippen LogP contribution in [0.4, 0.5) is 5.69 Å². The number of benzene rings is 3. The fourth-order valence-electron chi connectivity index (χ4n) is 4.12. The zero-order chi connectivity index (χ0) is 18.1. The highest BCUT2D eigenvalue weighted by Crippen LogP contribution is 2.45. The molecule has 2 nitrogen and oxygen atoms in total. The molecule has 0 N–H and O–H groups in total. The van der Waals surface area contributed by atoms with Crippen molar-refractivity contribution in [3.63, 3.8) is 0 Å². The van der Waals surface area contributed by atoms with Crippen LogP contribution in [0.2, 0.25) is 0 Å². The normalized spacial score (nSPS) is 19.1. The maximum Gasteiger partial charge on any atom is 0.210 e. The van der Waals surface area contributed by atoms with Crippen LogP contribution in [-0.2, 0) is 5.41 Å². The number of nitrogens with zero attached hydrogens (tertiary/aromatic N) is 2. The quantitative estimate of drug-likeness (QED) is 0.584. The van der Waals surface area contributed by atoms with E-state index in [1.54, 1.807) is 0 Å². The average molecular weight is 337 g/mol. The summed E-state index contributed by atoms with van der Waals surface area (Å²) in [5.74, 6) is 0. The molecule has 3 aromatic carbocycles. The molecule has 4 rings (SSSR count). The van der Waals surface area contributed by atoms with Crippen LogP contribution in [0.25, 0.3) is 16.8 Å². The monoisotopic (exact) mass is 337 g/mol. The summed E-state index contributed by atoms with van der Waals surface area (Å²) in [6.07, 6.45) is 4.75. The molecule has 1 unspecified atom stereocenters. The van der Waals surface area contributed by atoms with Gasteiger partial charge in [0.15, 0.2) is 5.71 Å². The van der Waals surface area contributed by atoms with Gasteiger partial charge in [0, 0.05) is 17.7 Å². The lowest BCUT2D eigenvalue weighted by Gasteiger charge is -2.20. The van der Waals surface area contributed by atoms with Gasteiger partial charge in [-0.05, 0) is 35.4 Å². The third-order valence-corrected chi connectivity index (χ3v) is 5.41. The Morgan fingerprint density at radius 3 is 2.46 bits per heavy atom. The molecule has 0 saturated heterocycles. The number of hydrogen-bond acceptors (Lipinski definition) is 1. The molecule has 1 atom stereocenters. The first kappa shape index (κ1) is 16.3. The van der Waals surface area contributed by atoms with E-state index in [1.807, 2.05) is 18.2 Å². The summed E-state index contributed by atoms with van der Waals surface area (Å²) in [5.41, 5.74) is 4.44. The molecule has 2 heteroatoms. The Hall–Kier alpha value is -3.18. The zero-order valence-electron chi connectivity index (χ0n) is 15.1. The zero-order valence-corrected chi connectivity index (χ0v) is 15.1. The molecule has 1 aliphatic rings. The molecule has 0 fully saturated rings. The number of fused-ring (bicyclic) bond motifs is 3. The summed E-state index contributed by atoms with van der Waals surface area (Å²) < 4.78 is 2.23. The third-order valence-electron chi connectivity index (χ3n) is 5.41. The maximum absolute atomic E-state index is 9.57. The van der Waals surface area contributed by atoms with E-state index in [1.165, 1.54) is 22.0 Å². The summed E-state index contributed by atoms with van der Waals surface area (Å²) in [7, 11) is 2.10. The average Bonchev–Trinajstić information content (AvgIpc) is 2.88. The number of rotatable bonds is 3. The van der Waals surface area contributed by atoms with Crippen molar-refractivity contribution in [2.45, 2.75) is 18.8 Å². The summed E-state index contributed by atoms with van der Waals surface area (Å²) in [4.78, 5) is 0. The Balaban J connectivity index is 1.92. The van der Waals surface area contributed by atoms with Crippen molar-refractivity contribution in [1.82, 2.24) is 0 Å². The van der Waals surface area contributed by atoms with Gasteiger partial charge in [0.1, 0.15) is 7.05 Å². The van der Waals surface area contributed by atoms with Crippen molar-refractivity contribution in [1.29, 1.82) is 5.26 Å². The van der Waals surface area contributed by atoms with Gasteiger partial charge in [-0.25, -0.2) is 0 Å². The summed E-state index contributed by atoms with van der Waals surface area (Å²) in [5, 5.41) is 12.0. The van der Waals surface area contributed by atoms with Gasteiger partial charge >= 0.3 is 0 Å². The number of allylic oxidation sites excluding steroid dienone is 1. The van der Waals surface area contributed by atoms with Crippen LogP contribution in [0, 0.1) is 11.3 Å². The Morgan fingerprint density at radius 2 is 1.69 bits per heavy atom. The molecule has 26 heavy (non-hydrogen) atoms. The van der Waals surface area contributed by atoms with Crippen LogP contribution < -0.4 is 0 Å². The first-order valence-corrected chi connectivity index (χ1v) is 8.88. The van der Waals surface area contributed by atoms with E-state index in [9.17, 15) is 5.26 Å². The van der Waals surface area contributed by atoms with E-state index in [-0.39, 0.29) is 5.41 Å². The molecule has 0 bridgehead atoms. The van der Waals surface area contributed by atoms with Crippen LogP contribution in [0.15, 0.2) is 72.8 Å². The highest BCUT2D eigenvalue weighted by molar-refractivity contribution is 6.09. The summed E-state index contributed by atoms with van der Waals surface area (Å²) in [6.45, 7) is 2.19. The number of hydrogen-bond donors (Lipinski definition) is 0. The second-order valence-electron chi connectivity index (χ2n) is 7.04. The van der Waals surface area contributed by atoms with Crippen LogP contribution >= 0.6 is 0 Å². The van der Waals surface area contributed by atoms with E-state index in [2.05, 4.69) is 85.3 Å². The molecule has 0 amide bonds. The lowest BCUT2D eigenvalue weighted by molar-refractivity contribution is -0.401. The van der Waals surface area contributed by atoms with Crippen LogP contribution in [0.3, 0.4) is 0 Å². The Labute approximate surface area is 154 Å². The molecular weight excluding hydrogens is 316 g/mol. The van der Waals surface area contributed by atoms with Crippen LogP contribution in [0.5, 0.6) is 0 Å². The highest BCUT2D eigenvalue weighted by atomic mass is 15.0. The van der Waals surface area contributed by atoms with Gasteiger partial charge in [-0.15, -0.1) is 0 Å². The smallest absolute Gasteiger partial charge is 0.198 e. The van der Waals surface area contributed by atoms with Crippen molar-refractivity contribution in [3.8, 4) is 6.07 Å². The van der Waals surface area contributed by atoms with Crippen molar-refractivity contribution < 1.29 is 4.58 Å². The van der Waals surface area contributed by atoms with Crippen LogP contribution in [-0.4, -0.2) is 17.3 Å². The first-order valence-electron chi connectivity index (χ1n) is 8.88. The van der Waals surface area contributed by atoms with E-state index >= 15 is 0 Å². The third kappa shape index (κ3) is 2.45. The molecule has 0 aromatic heterocycles. The molecule has 0 radical (unpaired) electrons. The molecule has 126 valence electrons. The lowest BCUT2D eigenvalue weighted by atomic mass is 9.75. The standard InChI is InChI=1S/C24H21N2/c1-24(16-17-25)22(15-12-18-8-4-3-5-9-18)26(2)21-14-13-19-10-6-7-11-20(19)23(21)24/h3-15H,16H2,1-2H3/q+1. The van der Waals surface area contributed by atoms with Gasteiger partial charge in [-0.1, -0.05) is 54.6 Å². The topological polar surface area (TPSA) is 26.8 Å². The van der Waals surface area contributed by atoms with Gasteiger partial charge < -0.3 is 0 Å². The molecule has 1 heterocycles. The predicted molar refractivity (Wildman–Crippen MR) is 108 cm³/mol. The lowest BCUT2D eigenvalue weighted by Crippen LogP contribution is -2.30. The van der Waals surface area contributed by atoms with Crippen molar-refractivity contribution in [2.75, 3.05) is 7.05 Å². The summed E-state index contributed by atoms with van der Waals surface area (Å²) >= 11 is 0. The van der Waals surface area contributed by atoms with Gasteiger partial charge in [0.25, 0.3) is 0 Å². The molecular formula is C24H21N2+. The highest BCUT2D eigenvalue weighted by Gasteiger charge is 2.47. The first-order chi connectivity index (χ1) is 12.6. The second kappa shape index (κ2) is 6.28. The van der Waals surface area contributed by atoms with E-state index in [0.29, 0.717) is 6.42 Å². The van der Waals surface area contributed by atoms with E-state index < -0.39 is 0 Å². The Kier molecular flexibility index (Phi) is 3.93. The van der Waals surface area contributed by atoms with Crippen molar-refractivity contribution >= 4 is 28.2 Å². The van der Waals surface area contributed by atoms with Gasteiger partial charge in [0.2, 0.25) is 5.69 Å². The Morgan fingerprint density at radius 1 is 0.962 bits per heavy atom. The van der Waals surface area contributed by atoms with Gasteiger partial charge in [-0.2, -0.15) is 9.84 Å². The fraction of sp³-hybridized carbons (Fsp3) is 0.167. The molecule has 0 aliphatic carbocycles. The van der Waals surface area contributed by atoms with Gasteiger partial charge in [0.05, 0.1) is 17.9 Å². The minimum Gasteiger partial charge on any atom is -0.198 e. The number of nitriles is 1. The van der Waals surface area contributed by atoms with Crippen molar-refractivity contribution in [2.24, 2.45) is 0 Å². The fourth-order valence-corrected chi connectivity index (χ4v) is 4.12. The van der Waals surface area contributed by atoms with E-state index in [4.69, 9.17) is 0 Å². The van der Waals surface area contributed by atoms with Gasteiger partial charge in [-0.3, -0.25) is 0 Å². The molecule has 1 aliphatic heterocycles. The minimum absolute atomic E-state index is 0.328. The second-order valence-corrected chi connectivity index (χ2v) is 7.04. The van der Waals surface area contributed by atoms with Crippen LogP contribution in [0.1, 0.15) is 24.5 Å². The Bertz CT molecular complexity index is 1080. The SMILES string of the molecule is C[N+]1=C(C=Cc2ccccc2)C(C)(CC#N)c2c1ccc1ccccc21. The molecule has 0 saturated carbocycles. The van der Waals surface area contributed by atoms with Crippen molar-refractivity contribution in [3.05, 3.63) is 83.9 Å². The predicted octanol–water partition coefficient (Wildman–Crippen LogP) is 5.45.